The third kappa shape index (κ3) is 6.04. The van der Waals surface area contributed by atoms with Crippen LogP contribution in [0, 0.1) is 11.3 Å². The van der Waals surface area contributed by atoms with E-state index in [1.165, 1.54) is 0 Å². The Balaban J connectivity index is 4.32. The molecule has 0 aromatic carbocycles. The highest BCUT2D eigenvalue weighted by Crippen LogP contribution is 1.94. The van der Waals surface area contributed by atoms with Crippen LogP contribution in [0.25, 0.3) is 0 Å². The first-order chi connectivity index (χ1) is 6.95. The molecule has 1 atom stereocenters. The van der Waals surface area contributed by atoms with Crippen molar-refractivity contribution < 1.29 is 17.9 Å². The van der Waals surface area contributed by atoms with Crippen LogP contribution >= 0.6 is 0 Å². The number of ether oxygens (including phenoxy) is 1. The van der Waals surface area contributed by atoms with Gasteiger partial charge in [-0.1, -0.05) is 6.92 Å². The maximum atomic E-state index is 11.3. The normalized spacial score (nSPS) is 12.9. The van der Waals surface area contributed by atoms with Crippen LogP contribution < -0.4 is 4.72 Å². The Morgan fingerprint density at radius 2 is 2.13 bits per heavy atom. The molecule has 1 N–H and O–H groups in total. The molecule has 0 saturated carbocycles. The molecule has 1 unspecified atom stereocenters. The first-order valence-electron chi connectivity index (χ1n) is 4.50. The number of nitrogens with zero attached hydrogens (tertiary/aromatic N) is 1. The van der Waals surface area contributed by atoms with Crippen molar-refractivity contribution in [3.63, 3.8) is 0 Å². The lowest BCUT2D eigenvalue weighted by Crippen LogP contribution is -2.37. The fraction of sp³-hybridized carbons (Fsp3) is 0.750. The van der Waals surface area contributed by atoms with Crippen molar-refractivity contribution in [2.24, 2.45) is 0 Å². The van der Waals surface area contributed by atoms with Gasteiger partial charge in [-0.15, -0.1) is 0 Å². The molecule has 86 valence electrons. The molecule has 0 saturated heterocycles. The average Bonchev–Trinajstić information content (AvgIpc) is 2.13. The highest BCUT2D eigenvalue weighted by molar-refractivity contribution is 7.90. The fourth-order valence-corrected chi connectivity index (χ4v) is 1.95. The van der Waals surface area contributed by atoms with E-state index in [4.69, 9.17) is 5.26 Å². The molecular weight excluding hydrogens is 220 g/mol. The van der Waals surface area contributed by atoms with E-state index in [0.717, 1.165) is 0 Å². The van der Waals surface area contributed by atoms with E-state index in [2.05, 4.69) is 9.46 Å². The number of esters is 1. The van der Waals surface area contributed by atoms with Crippen molar-refractivity contribution in [2.75, 3.05) is 12.4 Å². The van der Waals surface area contributed by atoms with Crippen molar-refractivity contribution in [1.82, 2.24) is 4.72 Å². The number of sulfonamides is 1. The van der Waals surface area contributed by atoms with Crippen molar-refractivity contribution >= 4 is 16.0 Å². The number of carbonyl (C=O) groups excluding carboxylic acids is 1. The van der Waals surface area contributed by atoms with Gasteiger partial charge in [-0.2, -0.15) is 9.98 Å². The van der Waals surface area contributed by atoms with Gasteiger partial charge in [-0.25, -0.2) is 8.42 Å². The lowest BCUT2D eigenvalue weighted by Gasteiger charge is -2.09. The van der Waals surface area contributed by atoms with Crippen LogP contribution in [0.5, 0.6) is 0 Å². The Kier molecular flexibility index (Phi) is 5.89. The Morgan fingerprint density at radius 1 is 1.53 bits per heavy atom. The molecule has 0 aliphatic rings. The van der Waals surface area contributed by atoms with Crippen molar-refractivity contribution in [3.8, 4) is 6.07 Å². The Labute approximate surface area is 89.3 Å². The Bertz CT molecular complexity index is 344. The maximum Gasteiger partial charge on any atom is 0.322 e. The van der Waals surface area contributed by atoms with Gasteiger partial charge < -0.3 is 4.74 Å². The van der Waals surface area contributed by atoms with Gasteiger partial charge in [-0.3, -0.25) is 4.79 Å². The summed E-state index contributed by atoms with van der Waals surface area (Å²) in [5.74, 6) is -1.57. The fourth-order valence-electron chi connectivity index (χ4n) is 0.817. The van der Waals surface area contributed by atoms with Crippen LogP contribution in [-0.2, 0) is 19.6 Å². The lowest BCUT2D eigenvalue weighted by molar-refractivity contribution is -0.139. The predicted octanol–water partition coefficient (Wildman–Crippen LogP) is -0.229. The van der Waals surface area contributed by atoms with Crippen LogP contribution in [0.4, 0.5) is 0 Å². The molecule has 0 amide bonds. The van der Waals surface area contributed by atoms with Gasteiger partial charge in [0.25, 0.3) is 0 Å². The molecule has 0 fully saturated rings. The molecule has 0 aliphatic heterocycles. The van der Waals surface area contributed by atoms with E-state index in [0.29, 0.717) is 6.42 Å². The van der Waals surface area contributed by atoms with E-state index >= 15 is 0 Å². The Hall–Kier alpha value is -1.13. The summed E-state index contributed by atoms with van der Waals surface area (Å²) in [6.45, 7) is 3.38. The van der Waals surface area contributed by atoms with Crippen LogP contribution in [0.15, 0.2) is 0 Å². The van der Waals surface area contributed by atoms with Gasteiger partial charge in [0.05, 0.1) is 12.7 Å². The molecule has 6 nitrogen and oxygen atoms in total. The topological polar surface area (TPSA) is 96.3 Å². The summed E-state index contributed by atoms with van der Waals surface area (Å²) in [7, 11) is -3.77. The number of nitrogens with one attached hydrogen (secondary N) is 1. The summed E-state index contributed by atoms with van der Waals surface area (Å²) in [6, 6.07) is 0.969. The summed E-state index contributed by atoms with van der Waals surface area (Å²) in [4.78, 5) is 10.9. The molecule has 0 rings (SSSR count). The largest absolute Gasteiger partial charge is 0.465 e. The van der Waals surface area contributed by atoms with Gasteiger partial charge in [0.1, 0.15) is 6.04 Å². The van der Waals surface area contributed by atoms with E-state index in [1.54, 1.807) is 19.9 Å². The van der Waals surface area contributed by atoms with Crippen molar-refractivity contribution in [3.05, 3.63) is 0 Å². The zero-order valence-corrected chi connectivity index (χ0v) is 9.50. The first kappa shape index (κ1) is 13.9. The number of hydrogen-bond donors (Lipinski definition) is 1. The molecule has 0 aromatic heterocycles. The van der Waals surface area contributed by atoms with Crippen LogP contribution in [0.2, 0.25) is 0 Å². The second-order valence-electron chi connectivity index (χ2n) is 2.77. The zero-order chi connectivity index (χ0) is 11.9. The van der Waals surface area contributed by atoms with E-state index in [1.807, 2.05) is 0 Å². The van der Waals surface area contributed by atoms with Crippen molar-refractivity contribution in [1.29, 1.82) is 5.26 Å². The monoisotopic (exact) mass is 234 g/mol. The molecule has 0 spiro atoms. The number of hydrogen-bond acceptors (Lipinski definition) is 5. The van der Waals surface area contributed by atoms with E-state index in [9.17, 15) is 13.2 Å². The molecule has 15 heavy (non-hydrogen) atoms. The van der Waals surface area contributed by atoms with Gasteiger partial charge >= 0.3 is 5.97 Å². The number of carbonyl (C=O) groups is 1. The quantitative estimate of drug-likeness (QED) is 0.640. The summed E-state index contributed by atoms with van der Waals surface area (Å²) >= 11 is 0. The van der Waals surface area contributed by atoms with Crippen LogP contribution in [0.1, 0.15) is 20.3 Å². The second kappa shape index (κ2) is 6.37. The van der Waals surface area contributed by atoms with Gasteiger partial charge in [0, 0.05) is 0 Å². The minimum absolute atomic E-state index is 0.129. The van der Waals surface area contributed by atoms with Crippen LogP contribution in [-0.4, -0.2) is 32.8 Å². The van der Waals surface area contributed by atoms with Gasteiger partial charge in [0.15, 0.2) is 5.75 Å². The highest BCUT2D eigenvalue weighted by atomic mass is 32.2. The van der Waals surface area contributed by atoms with Gasteiger partial charge in [0.2, 0.25) is 10.0 Å². The third-order valence-electron chi connectivity index (χ3n) is 1.50. The predicted molar refractivity (Wildman–Crippen MR) is 53.2 cm³/mol. The molecule has 0 heterocycles. The summed E-state index contributed by atoms with van der Waals surface area (Å²) in [6.07, 6.45) is 0.346. The molecule has 0 aliphatic carbocycles. The minimum atomic E-state index is -3.77. The number of nitriles is 1. The summed E-state index contributed by atoms with van der Waals surface area (Å²) in [5, 5.41) is 8.53. The zero-order valence-electron chi connectivity index (χ0n) is 8.69. The summed E-state index contributed by atoms with van der Waals surface area (Å²) in [5.41, 5.74) is 0. The molecule has 0 bridgehead atoms. The number of rotatable bonds is 6. The van der Waals surface area contributed by atoms with E-state index < -0.39 is 27.8 Å². The average molecular weight is 234 g/mol. The van der Waals surface area contributed by atoms with Crippen LogP contribution in [0.3, 0.4) is 0 Å². The van der Waals surface area contributed by atoms with Crippen molar-refractivity contribution in [2.45, 2.75) is 26.3 Å². The standard InChI is InChI=1S/C8H14N2O4S/c1-3-7(5-9)10-15(12,13)6-8(11)14-4-2/h7,10H,3-4,6H2,1-2H3. The molecule has 0 radical (unpaired) electrons. The Morgan fingerprint density at radius 3 is 2.53 bits per heavy atom. The molecular formula is C8H14N2O4S. The highest BCUT2D eigenvalue weighted by Gasteiger charge is 2.20. The smallest absolute Gasteiger partial charge is 0.322 e. The lowest BCUT2D eigenvalue weighted by atomic mass is 10.3. The van der Waals surface area contributed by atoms with E-state index in [-0.39, 0.29) is 6.61 Å². The van der Waals surface area contributed by atoms with Gasteiger partial charge in [-0.05, 0) is 13.3 Å². The third-order valence-corrected chi connectivity index (χ3v) is 2.76. The maximum absolute atomic E-state index is 11.3. The second-order valence-corrected chi connectivity index (χ2v) is 4.53. The molecule has 0 aromatic rings. The SMILES string of the molecule is CCOC(=O)CS(=O)(=O)NC(C#N)CC. The minimum Gasteiger partial charge on any atom is -0.465 e. The summed E-state index contributed by atoms with van der Waals surface area (Å²) < 4.78 is 29.1. The first-order valence-corrected chi connectivity index (χ1v) is 6.15. The molecule has 7 heteroatoms.